The normalized spacial score (nSPS) is 15.8. The molecule has 4 aromatic rings. The number of nitrogens with zero attached hydrogens (tertiary/aromatic N) is 1. The molecule has 0 fully saturated rings. The molecule has 1 heterocycles. The first kappa shape index (κ1) is 22.2. The summed E-state index contributed by atoms with van der Waals surface area (Å²) in [6.45, 7) is 11.6. The third kappa shape index (κ3) is 3.01. The van der Waals surface area contributed by atoms with Crippen LogP contribution in [0.3, 0.4) is 0 Å². The lowest BCUT2D eigenvalue weighted by molar-refractivity contribution is 0.464. The van der Waals surface area contributed by atoms with Gasteiger partial charge in [-0.15, -0.1) is 0 Å². The standard InChI is InChI=1S/C36H31N/c1-21-19-29-32-30(37-35(29)23(21)3)20-22(2)33(31(32)24-13-7-6-8-14-24)36(4,5)34-27-17-11-9-15-25(27)26-16-10-12-18-28(26)34/h6-20,34H,1-5H3. The molecule has 3 aliphatic rings. The van der Waals surface area contributed by atoms with E-state index in [0.29, 0.717) is 0 Å². The molecule has 0 radical (unpaired) electrons. The van der Waals surface area contributed by atoms with E-state index in [-0.39, 0.29) is 11.3 Å². The van der Waals surface area contributed by atoms with E-state index in [1.165, 1.54) is 66.8 Å². The zero-order valence-electron chi connectivity index (χ0n) is 22.2. The zero-order valence-corrected chi connectivity index (χ0v) is 22.2. The number of aliphatic imine (C=N–C) groups is 1. The van der Waals surface area contributed by atoms with Gasteiger partial charge in [0.25, 0.3) is 0 Å². The molecule has 7 rings (SSSR count). The van der Waals surface area contributed by atoms with Gasteiger partial charge in [-0.2, -0.15) is 0 Å². The summed E-state index contributed by atoms with van der Waals surface area (Å²) in [6.07, 6.45) is 2.35. The van der Waals surface area contributed by atoms with Crippen molar-refractivity contribution in [3.63, 3.8) is 0 Å². The summed E-state index contributed by atoms with van der Waals surface area (Å²) in [5, 5.41) is 0. The lowest BCUT2D eigenvalue weighted by Crippen LogP contribution is -2.29. The topological polar surface area (TPSA) is 12.4 Å². The molecule has 1 heteroatoms. The molecule has 1 aliphatic heterocycles. The first-order valence-electron chi connectivity index (χ1n) is 13.3. The Morgan fingerprint density at radius 1 is 0.703 bits per heavy atom. The van der Waals surface area contributed by atoms with Crippen molar-refractivity contribution in [3.05, 3.63) is 130 Å². The summed E-state index contributed by atoms with van der Waals surface area (Å²) in [6, 6.07) is 31.3. The largest absolute Gasteiger partial charge is 0.247 e. The minimum absolute atomic E-state index is 0.160. The molecule has 4 aromatic carbocycles. The molecular weight excluding hydrogens is 446 g/mol. The minimum atomic E-state index is -0.160. The van der Waals surface area contributed by atoms with Crippen LogP contribution >= 0.6 is 0 Å². The van der Waals surface area contributed by atoms with Crippen LogP contribution in [-0.2, 0) is 5.41 Å². The number of rotatable bonds is 3. The first-order valence-corrected chi connectivity index (χ1v) is 13.3. The van der Waals surface area contributed by atoms with Crippen LogP contribution in [0.1, 0.15) is 61.4 Å². The summed E-state index contributed by atoms with van der Waals surface area (Å²) in [4.78, 5) is 5.18. The Hall–Kier alpha value is -3.97. The van der Waals surface area contributed by atoms with E-state index in [1.54, 1.807) is 0 Å². The zero-order chi connectivity index (χ0) is 25.5. The molecule has 0 bridgehead atoms. The highest BCUT2D eigenvalue weighted by molar-refractivity contribution is 6.39. The van der Waals surface area contributed by atoms with Crippen molar-refractivity contribution in [3.8, 4) is 22.3 Å². The molecule has 0 saturated heterocycles. The Labute approximate surface area is 219 Å². The predicted octanol–water partition coefficient (Wildman–Crippen LogP) is 9.57. The first-order chi connectivity index (χ1) is 17.9. The third-order valence-electron chi connectivity index (χ3n) is 8.83. The summed E-state index contributed by atoms with van der Waals surface area (Å²) < 4.78 is 0. The average Bonchev–Trinajstić information content (AvgIpc) is 3.52. The fourth-order valence-corrected chi connectivity index (χ4v) is 7.20. The molecule has 37 heavy (non-hydrogen) atoms. The van der Waals surface area contributed by atoms with Crippen molar-refractivity contribution < 1.29 is 0 Å². The van der Waals surface area contributed by atoms with Gasteiger partial charge >= 0.3 is 0 Å². The lowest BCUT2D eigenvalue weighted by atomic mass is 9.65. The van der Waals surface area contributed by atoms with Crippen LogP contribution < -0.4 is 0 Å². The van der Waals surface area contributed by atoms with E-state index in [9.17, 15) is 0 Å². The molecule has 1 nitrogen and oxygen atoms in total. The summed E-state index contributed by atoms with van der Waals surface area (Å²) >= 11 is 0. The molecular formula is C36H31N. The highest BCUT2D eigenvalue weighted by atomic mass is 14.8. The van der Waals surface area contributed by atoms with Crippen LogP contribution in [-0.4, -0.2) is 5.71 Å². The van der Waals surface area contributed by atoms with Crippen LogP contribution in [0.5, 0.6) is 0 Å². The quantitative estimate of drug-likeness (QED) is 0.278. The Kier molecular flexibility index (Phi) is 4.67. The molecule has 0 atom stereocenters. The Balaban J connectivity index is 1.54. The van der Waals surface area contributed by atoms with E-state index in [0.717, 1.165) is 11.4 Å². The maximum absolute atomic E-state index is 5.18. The molecule has 2 aliphatic carbocycles. The van der Waals surface area contributed by atoms with Crippen LogP contribution in [0.4, 0.5) is 5.69 Å². The monoisotopic (exact) mass is 477 g/mol. The molecule has 0 aromatic heterocycles. The minimum Gasteiger partial charge on any atom is -0.247 e. The number of fused-ring (bicyclic) bond motifs is 6. The highest BCUT2D eigenvalue weighted by Gasteiger charge is 2.43. The summed E-state index contributed by atoms with van der Waals surface area (Å²) in [5.74, 6) is 0.264. The van der Waals surface area contributed by atoms with Crippen molar-refractivity contribution in [1.29, 1.82) is 0 Å². The molecule has 0 unspecified atom stereocenters. The molecule has 0 N–H and O–H groups in total. The van der Waals surface area contributed by atoms with Crippen LogP contribution in [0, 0.1) is 6.92 Å². The molecule has 0 amide bonds. The number of hydrogen-bond acceptors (Lipinski definition) is 1. The van der Waals surface area contributed by atoms with Crippen molar-refractivity contribution in [2.45, 2.75) is 46.0 Å². The molecule has 0 saturated carbocycles. The van der Waals surface area contributed by atoms with Gasteiger partial charge in [-0.1, -0.05) is 92.7 Å². The number of benzene rings is 4. The van der Waals surface area contributed by atoms with E-state index < -0.39 is 0 Å². The number of allylic oxidation sites excluding steroid dienone is 4. The fraction of sp³-hybridized carbons (Fsp3) is 0.194. The van der Waals surface area contributed by atoms with E-state index in [2.05, 4.69) is 126 Å². The Bertz CT molecular complexity index is 1660. The van der Waals surface area contributed by atoms with Gasteiger partial charge in [-0.05, 0) is 88.6 Å². The number of aryl methyl sites for hydroxylation is 1. The van der Waals surface area contributed by atoms with Crippen LogP contribution in [0.15, 0.2) is 107 Å². The summed E-state index contributed by atoms with van der Waals surface area (Å²) in [5.41, 5.74) is 18.2. The maximum atomic E-state index is 5.18. The van der Waals surface area contributed by atoms with Gasteiger partial charge in [0, 0.05) is 22.5 Å². The van der Waals surface area contributed by atoms with Gasteiger partial charge in [-0.25, -0.2) is 4.99 Å². The van der Waals surface area contributed by atoms with Crippen molar-refractivity contribution in [2.75, 3.05) is 0 Å². The Morgan fingerprint density at radius 2 is 1.30 bits per heavy atom. The Morgan fingerprint density at radius 3 is 1.95 bits per heavy atom. The fourth-order valence-electron chi connectivity index (χ4n) is 7.20. The van der Waals surface area contributed by atoms with Gasteiger partial charge in [0.2, 0.25) is 0 Å². The second kappa shape index (κ2) is 7.76. The van der Waals surface area contributed by atoms with Gasteiger partial charge < -0.3 is 0 Å². The maximum Gasteiger partial charge on any atom is 0.0748 e. The van der Waals surface area contributed by atoms with Crippen molar-refractivity contribution in [2.24, 2.45) is 4.99 Å². The molecule has 180 valence electrons. The van der Waals surface area contributed by atoms with Gasteiger partial charge in [0.05, 0.1) is 11.4 Å². The van der Waals surface area contributed by atoms with Crippen molar-refractivity contribution >= 4 is 17.0 Å². The smallest absolute Gasteiger partial charge is 0.0748 e. The SMILES string of the molecule is CC1=C(C)C2=Nc3cc(C)c(C(C)(C)C4c5ccccc5-c5ccccc54)c(-c4ccccc4)c3C2=C1. The van der Waals surface area contributed by atoms with Gasteiger partial charge in [-0.3, -0.25) is 0 Å². The van der Waals surface area contributed by atoms with E-state index in [1.807, 2.05) is 0 Å². The predicted molar refractivity (Wildman–Crippen MR) is 157 cm³/mol. The van der Waals surface area contributed by atoms with E-state index >= 15 is 0 Å². The van der Waals surface area contributed by atoms with Crippen LogP contribution in [0.2, 0.25) is 0 Å². The summed E-state index contributed by atoms with van der Waals surface area (Å²) in [7, 11) is 0. The van der Waals surface area contributed by atoms with Crippen LogP contribution in [0.25, 0.3) is 27.8 Å². The second-order valence-corrected chi connectivity index (χ2v) is 11.4. The van der Waals surface area contributed by atoms with E-state index in [4.69, 9.17) is 4.99 Å². The van der Waals surface area contributed by atoms with Gasteiger partial charge in [0.1, 0.15) is 0 Å². The average molecular weight is 478 g/mol. The van der Waals surface area contributed by atoms with Gasteiger partial charge in [0.15, 0.2) is 0 Å². The third-order valence-corrected chi connectivity index (χ3v) is 8.83. The number of hydrogen-bond donors (Lipinski definition) is 0. The van der Waals surface area contributed by atoms with Crippen molar-refractivity contribution in [1.82, 2.24) is 0 Å². The molecule has 0 spiro atoms. The second-order valence-electron chi connectivity index (χ2n) is 11.4. The lowest BCUT2D eigenvalue weighted by Gasteiger charge is -2.38. The highest BCUT2D eigenvalue weighted by Crippen LogP contribution is 2.58.